The number of anilines is 2. The number of ether oxygens (including phenoxy) is 1. The van der Waals surface area contributed by atoms with Crippen molar-refractivity contribution in [2.45, 2.75) is 18.9 Å². The van der Waals surface area contributed by atoms with E-state index in [0.717, 1.165) is 47.6 Å². The Bertz CT molecular complexity index is 558. The Hall–Kier alpha value is -1.11. The summed E-state index contributed by atoms with van der Waals surface area (Å²) in [5.41, 5.74) is 8.60. The second-order valence-electron chi connectivity index (χ2n) is 5.82. The van der Waals surface area contributed by atoms with Crippen molar-refractivity contribution in [2.24, 2.45) is 11.7 Å². The van der Waals surface area contributed by atoms with Crippen molar-refractivity contribution in [3.05, 3.63) is 22.2 Å². The number of carbonyl (C=O) groups is 1. The van der Waals surface area contributed by atoms with Gasteiger partial charge in [-0.3, -0.25) is 4.79 Å². The zero-order valence-corrected chi connectivity index (χ0v) is 13.6. The van der Waals surface area contributed by atoms with E-state index in [0.29, 0.717) is 5.92 Å². The highest BCUT2D eigenvalue weighted by molar-refractivity contribution is 9.10. The average Bonchev–Trinajstić information content (AvgIpc) is 2.74. The van der Waals surface area contributed by atoms with E-state index in [2.05, 4.69) is 33.2 Å². The summed E-state index contributed by atoms with van der Waals surface area (Å²) in [6.07, 6.45) is 2.34. The highest BCUT2D eigenvalue weighted by Crippen LogP contribution is 2.38. The molecule has 2 unspecified atom stereocenters. The molecule has 114 valence electrons. The maximum Gasteiger partial charge on any atom is 0.245 e. The van der Waals surface area contributed by atoms with E-state index < -0.39 is 6.04 Å². The molecule has 0 saturated carbocycles. The van der Waals surface area contributed by atoms with Gasteiger partial charge in [0.25, 0.3) is 0 Å². The van der Waals surface area contributed by atoms with Crippen LogP contribution in [0.25, 0.3) is 0 Å². The molecule has 21 heavy (non-hydrogen) atoms. The van der Waals surface area contributed by atoms with Crippen molar-refractivity contribution in [2.75, 3.05) is 37.0 Å². The summed E-state index contributed by atoms with van der Waals surface area (Å²) < 4.78 is 6.50. The number of nitrogens with two attached hydrogens (primary N) is 1. The van der Waals surface area contributed by atoms with E-state index in [-0.39, 0.29) is 5.91 Å². The summed E-state index contributed by atoms with van der Waals surface area (Å²) >= 11 is 3.60. The maximum absolute atomic E-state index is 11.7. The van der Waals surface area contributed by atoms with Gasteiger partial charge in [-0.05, 0) is 46.8 Å². The molecule has 1 saturated heterocycles. The Morgan fingerprint density at radius 2 is 2.33 bits per heavy atom. The Kier molecular flexibility index (Phi) is 4.19. The molecule has 0 radical (unpaired) electrons. The predicted octanol–water partition coefficient (Wildman–Crippen LogP) is 2.26. The monoisotopic (exact) mass is 353 g/mol. The summed E-state index contributed by atoms with van der Waals surface area (Å²) in [4.78, 5) is 13.9. The molecule has 3 N–H and O–H groups in total. The Balaban J connectivity index is 1.79. The van der Waals surface area contributed by atoms with Gasteiger partial charge in [0.2, 0.25) is 5.91 Å². The molecule has 2 heterocycles. The second kappa shape index (κ2) is 5.94. The van der Waals surface area contributed by atoms with E-state index in [9.17, 15) is 4.79 Å². The highest BCUT2D eigenvalue weighted by atomic mass is 79.9. The molecule has 0 aromatic heterocycles. The number of rotatable bonds is 3. The SMILES string of the molecule is CN(CC1CCCOC1)c1cc2c(cc1Br)C(N)C(=O)N2. The minimum Gasteiger partial charge on any atom is -0.381 e. The number of nitrogens with one attached hydrogen (secondary N) is 1. The Morgan fingerprint density at radius 1 is 1.52 bits per heavy atom. The van der Waals surface area contributed by atoms with Gasteiger partial charge in [-0.25, -0.2) is 0 Å². The molecule has 1 aromatic rings. The van der Waals surface area contributed by atoms with Crippen LogP contribution < -0.4 is 16.0 Å². The molecule has 0 bridgehead atoms. The van der Waals surface area contributed by atoms with Crippen molar-refractivity contribution in [1.29, 1.82) is 0 Å². The van der Waals surface area contributed by atoms with Gasteiger partial charge in [0.1, 0.15) is 6.04 Å². The lowest BCUT2D eigenvalue weighted by molar-refractivity contribution is -0.116. The number of hydrogen-bond acceptors (Lipinski definition) is 4. The van der Waals surface area contributed by atoms with Crippen molar-refractivity contribution < 1.29 is 9.53 Å². The molecule has 1 fully saturated rings. The first-order valence-corrected chi connectivity index (χ1v) is 8.04. The Morgan fingerprint density at radius 3 is 3.05 bits per heavy atom. The van der Waals surface area contributed by atoms with Gasteiger partial charge >= 0.3 is 0 Å². The van der Waals surface area contributed by atoms with Crippen LogP contribution in [0.2, 0.25) is 0 Å². The van der Waals surface area contributed by atoms with Crippen molar-refractivity contribution >= 4 is 33.2 Å². The normalized spacial score (nSPS) is 24.6. The zero-order valence-electron chi connectivity index (χ0n) is 12.1. The van der Waals surface area contributed by atoms with Crippen LogP contribution in [0, 0.1) is 5.92 Å². The first kappa shape index (κ1) is 14.8. The zero-order chi connectivity index (χ0) is 15.0. The lowest BCUT2D eigenvalue weighted by Gasteiger charge is -2.29. The molecule has 1 aromatic carbocycles. The minimum atomic E-state index is -0.567. The van der Waals surface area contributed by atoms with Crippen LogP contribution >= 0.6 is 15.9 Å². The number of nitrogens with zero attached hydrogens (tertiary/aromatic N) is 1. The molecule has 1 amide bonds. The predicted molar refractivity (Wildman–Crippen MR) is 86.5 cm³/mol. The van der Waals surface area contributed by atoms with Crippen molar-refractivity contribution in [3.63, 3.8) is 0 Å². The average molecular weight is 354 g/mol. The topological polar surface area (TPSA) is 67.6 Å². The van der Waals surface area contributed by atoms with Crippen LogP contribution in [-0.2, 0) is 9.53 Å². The number of carbonyl (C=O) groups excluding carboxylic acids is 1. The number of fused-ring (bicyclic) bond motifs is 1. The molecular weight excluding hydrogens is 334 g/mol. The van der Waals surface area contributed by atoms with Crippen LogP contribution in [0.1, 0.15) is 24.4 Å². The minimum absolute atomic E-state index is 0.141. The third-order valence-electron chi connectivity index (χ3n) is 4.19. The molecule has 2 atom stereocenters. The molecule has 3 rings (SSSR count). The van der Waals surface area contributed by atoms with Gasteiger partial charge < -0.3 is 20.7 Å². The van der Waals surface area contributed by atoms with Crippen molar-refractivity contribution in [1.82, 2.24) is 0 Å². The molecular formula is C15H20BrN3O2. The fourth-order valence-electron chi connectivity index (χ4n) is 3.02. The number of benzene rings is 1. The summed E-state index contributed by atoms with van der Waals surface area (Å²) in [5, 5.41) is 2.84. The number of hydrogen-bond donors (Lipinski definition) is 2. The second-order valence-corrected chi connectivity index (χ2v) is 6.68. The quantitative estimate of drug-likeness (QED) is 0.874. The van der Waals surface area contributed by atoms with Crippen LogP contribution in [0.15, 0.2) is 16.6 Å². The van der Waals surface area contributed by atoms with Crippen LogP contribution in [0.4, 0.5) is 11.4 Å². The van der Waals surface area contributed by atoms with E-state index in [1.165, 1.54) is 6.42 Å². The van der Waals surface area contributed by atoms with Gasteiger partial charge in [-0.15, -0.1) is 0 Å². The summed E-state index contributed by atoms with van der Waals surface area (Å²) in [7, 11) is 2.07. The van der Waals surface area contributed by atoms with Gasteiger partial charge in [-0.2, -0.15) is 0 Å². The Labute approximate surface area is 132 Å². The van der Waals surface area contributed by atoms with Gasteiger partial charge in [0.05, 0.1) is 12.3 Å². The summed E-state index contributed by atoms with van der Waals surface area (Å²) in [5.74, 6) is 0.415. The largest absolute Gasteiger partial charge is 0.381 e. The van der Waals surface area contributed by atoms with Gasteiger partial charge in [0, 0.05) is 35.9 Å². The maximum atomic E-state index is 11.7. The van der Waals surface area contributed by atoms with E-state index in [4.69, 9.17) is 10.5 Å². The standard InChI is InChI=1S/C15H20BrN3O2/c1-19(7-9-3-2-4-21-8-9)13-6-12-10(5-11(13)16)14(17)15(20)18-12/h5-6,9,14H,2-4,7-8,17H2,1H3,(H,18,20). The van der Waals surface area contributed by atoms with E-state index >= 15 is 0 Å². The van der Waals surface area contributed by atoms with E-state index in [1.807, 2.05) is 12.1 Å². The number of amides is 1. The lowest BCUT2D eigenvalue weighted by atomic mass is 10.0. The summed E-state index contributed by atoms with van der Waals surface area (Å²) in [6, 6.07) is 3.37. The third-order valence-corrected chi connectivity index (χ3v) is 4.83. The van der Waals surface area contributed by atoms with Crippen LogP contribution in [-0.4, -0.2) is 32.7 Å². The van der Waals surface area contributed by atoms with Crippen molar-refractivity contribution in [3.8, 4) is 0 Å². The van der Waals surface area contributed by atoms with Crippen LogP contribution in [0.5, 0.6) is 0 Å². The smallest absolute Gasteiger partial charge is 0.245 e. The van der Waals surface area contributed by atoms with Crippen LogP contribution in [0.3, 0.4) is 0 Å². The van der Waals surface area contributed by atoms with E-state index in [1.54, 1.807) is 0 Å². The molecule has 6 heteroatoms. The van der Waals surface area contributed by atoms with Gasteiger partial charge in [0.15, 0.2) is 0 Å². The number of halogens is 1. The fraction of sp³-hybridized carbons (Fsp3) is 0.533. The fourth-order valence-corrected chi connectivity index (χ4v) is 3.69. The third kappa shape index (κ3) is 2.93. The molecule has 2 aliphatic rings. The molecule has 5 nitrogen and oxygen atoms in total. The molecule has 0 aliphatic carbocycles. The summed E-state index contributed by atoms with van der Waals surface area (Å²) in [6.45, 7) is 2.65. The molecule has 2 aliphatic heterocycles. The molecule has 0 spiro atoms. The first-order valence-electron chi connectivity index (χ1n) is 7.25. The van der Waals surface area contributed by atoms with Gasteiger partial charge in [-0.1, -0.05) is 0 Å². The lowest BCUT2D eigenvalue weighted by Crippen LogP contribution is -2.31. The highest BCUT2D eigenvalue weighted by Gasteiger charge is 2.29. The first-order chi connectivity index (χ1) is 10.1.